The number of hydrogen-bond acceptors (Lipinski definition) is 3. The molecule has 0 aromatic heterocycles. The maximum atomic E-state index is 11.4. The van der Waals surface area contributed by atoms with Crippen LogP contribution in [0.15, 0.2) is 0 Å². The van der Waals surface area contributed by atoms with Gasteiger partial charge < -0.3 is 15.8 Å². The Bertz CT molecular complexity index is 179. The summed E-state index contributed by atoms with van der Waals surface area (Å²) < 4.78 is 5.09. The van der Waals surface area contributed by atoms with E-state index in [1.54, 1.807) is 0 Å². The molecule has 0 aliphatic heterocycles. The zero-order valence-electron chi connectivity index (χ0n) is 9.59. The third-order valence-corrected chi connectivity index (χ3v) is 2.28. The van der Waals surface area contributed by atoms with Crippen LogP contribution in [-0.2, 0) is 9.53 Å². The summed E-state index contributed by atoms with van der Waals surface area (Å²) >= 11 is 0. The van der Waals surface area contributed by atoms with Crippen molar-refractivity contribution in [2.45, 2.75) is 45.7 Å². The Morgan fingerprint density at radius 2 is 2.14 bits per heavy atom. The molecule has 3 N–H and O–H groups in total. The summed E-state index contributed by atoms with van der Waals surface area (Å²) in [6.07, 6.45) is 0.393. The number of amides is 1. The monoisotopic (exact) mass is 202 g/mol. The predicted molar refractivity (Wildman–Crippen MR) is 57.0 cm³/mol. The molecule has 0 aromatic carbocycles. The molecule has 1 amide bonds. The van der Waals surface area contributed by atoms with Gasteiger partial charge in [-0.2, -0.15) is 0 Å². The van der Waals surface area contributed by atoms with E-state index in [4.69, 9.17) is 10.5 Å². The first kappa shape index (κ1) is 13.4. The highest BCUT2D eigenvalue weighted by molar-refractivity contribution is 5.76. The summed E-state index contributed by atoms with van der Waals surface area (Å²) in [4.78, 5) is 11.4. The van der Waals surface area contributed by atoms with Crippen LogP contribution in [0.2, 0.25) is 0 Å². The van der Waals surface area contributed by atoms with E-state index in [-0.39, 0.29) is 17.5 Å². The number of nitrogens with two attached hydrogens (primary N) is 1. The molecule has 0 aliphatic rings. The first-order chi connectivity index (χ1) is 6.40. The van der Waals surface area contributed by atoms with Crippen LogP contribution in [0.1, 0.15) is 34.1 Å². The van der Waals surface area contributed by atoms with E-state index in [0.29, 0.717) is 19.6 Å². The smallest absolute Gasteiger partial charge is 0.222 e. The van der Waals surface area contributed by atoms with Gasteiger partial charge in [0.05, 0.1) is 6.61 Å². The number of hydrogen-bond donors (Lipinski definition) is 2. The van der Waals surface area contributed by atoms with Gasteiger partial charge in [0, 0.05) is 24.6 Å². The molecule has 0 bridgehead atoms. The summed E-state index contributed by atoms with van der Waals surface area (Å²) in [5.74, 6) is -0.0132. The molecule has 0 radical (unpaired) electrons. The van der Waals surface area contributed by atoms with Crippen molar-refractivity contribution in [2.24, 2.45) is 5.73 Å². The molecule has 4 heteroatoms. The predicted octanol–water partition coefficient (Wildman–Crippen LogP) is 0.655. The average Bonchev–Trinajstić information content (AvgIpc) is 2.03. The normalized spacial score (nSPS) is 13.8. The van der Waals surface area contributed by atoms with Crippen molar-refractivity contribution in [2.75, 3.05) is 13.2 Å². The van der Waals surface area contributed by atoms with Crippen LogP contribution >= 0.6 is 0 Å². The van der Waals surface area contributed by atoms with E-state index >= 15 is 0 Å². The molecular weight excluding hydrogens is 180 g/mol. The molecule has 0 aliphatic carbocycles. The number of rotatable bonds is 6. The molecular formula is C10H22N2O2. The van der Waals surface area contributed by atoms with Gasteiger partial charge in [0.1, 0.15) is 0 Å². The number of nitrogens with one attached hydrogen (secondary N) is 1. The van der Waals surface area contributed by atoms with E-state index in [2.05, 4.69) is 5.32 Å². The van der Waals surface area contributed by atoms with Crippen molar-refractivity contribution in [1.82, 2.24) is 5.32 Å². The van der Waals surface area contributed by atoms with Gasteiger partial charge in [-0.1, -0.05) is 0 Å². The largest absolute Gasteiger partial charge is 0.381 e. The van der Waals surface area contributed by atoms with Crippen molar-refractivity contribution >= 4 is 5.91 Å². The van der Waals surface area contributed by atoms with Crippen LogP contribution < -0.4 is 11.1 Å². The molecule has 0 heterocycles. The van der Waals surface area contributed by atoms with Crippen molar-refractivity contribution in [1.29, 1.82) is 0 Å². The fourth-order valence-corrected chi connectivity index (χ4v) is 0.845. The molecule has 4 nitrogen and oxygen atoms in total. The van der Waals surface area contributed by atoms with E-state index in [9.17, 15) is 4.79 Å². The van der Waals surface area contributed by atoms with Gasteiger partial charge >= 0.3 is 0 Å². The Balaban J connectivity index is 3.82. The van der Waals surface area contributed by atoms with Gasteiger partial charge in [-0.15, -0.1) is 0 Å². The van der Waals surface area contributed by atoms with Crippen LogP contribution in [0.5, 0.6) is 0 Å². The molecule has 0 aromatic rings. The van der Waals surface area contributed by atoms with E-state index in [0.717, 1.165) is 0 Å². The molecule has 84 valence electrons. The number of ether oxygens (including phenoxy) is 1. The molecule has 14 heavy (non-hydrogen) atoms. The topological polar surface area (TPSA) is 64.3 Å². The van der Waals surface area contributed by atoms with Crippen LogP contribution in [0.4, 0.5) is 0 Å². The molecule has 1 unspecified atom stereocenters. The average molecular weight is 202 g/mol. The lowest BCUT2D eigenvalue weighted by atomic mass is 9.97. The molecule has 0 spiro atoms. The van der Waals surface area contributed by atoms with Crippen LogP contribution in [0, 0.1) is 0 Å². The van der Waals surface area contributed by atoms with Crippen molar-refractivity contribution in [3.63, 3.8) is 0 Å². The van der Waals surface area contributed by atoms with Gasteiger partial charge in [-0.25, -0.2) is 0 Å². The SMILES string of the molecule is CCOCCC(=O)NC(C)(C)C(C)N. The van der Waals surface area contributed by atoms with Gasteiger partial charge in [0.15, 0.2) is 0 Å². The van der Waals surface area contributed by atoms with Crippen LogP contribution in [-0.4, -0.2) is 30.7 Å². The summed E-state index contributed by atoms with van der Waals surface area (Å²) in [5, 5.41) is 2.87. The minimum atomic E-state index is -0.358. The fourth-order valence-electron chi connectivity index (χ4n) is 0.845. The third-order valence-electron chi connectivity index (χ3n) is 2.28. The second-order valence-corrected chi connectivity index (χ2v) is 4.01. The Morgan fingerprint density at radius 1 is 1.57 bits per heavy atom. The standard InChI is InChI=1S/C10H22N2O2/c1-5-14-7-6-9(13)12-10(3,4)8(2)11/h8H,5-7,11H2,1-4H3,(H,12,13). The molecule has 0 saturated heterocycles. The minimum absolute atomic E-state index is 0.0132. The fraction of sp³-hybridized carbons (Fsp3) is 0.900. The van der Waals surface area contributed by atoms with Crippen LogP contribution in [0.25, 0.3) is 0 Å². The highest BCUT2D eigenvalue weighted by Gasteiger charge is 2.24. The summed E-state index contributed by atoms with van der Waals surface area (Å²) in [7, 11) is 0. The first-order valence-corrected chi connectivity index (χ1v) is 5.04. The van der Waals surface area contributed by atoms with Crippen molar-refractivity contribution in [3.8, 4) is 0 Å². The Hall–Kier alpha value is -0.610. The van der Waals surface area contributed by atoms with E-state index in [1.807, 2.05) is 27.7 Å². The van der Waals surface area contributed by atoms with E-state index < -0.39 is 0 Å². The minimum Gasteiger partial charge on any atom is -0.381 e. The lowest BCUT2D eigenvalue weighted by molar-refractivity contribution is -0.123. The Morgan fingerprint density at radius 3 is 2.57 bits per heavy atom. The van der Waals surface area contributed by atoms with Crippen LogP contribution in [0.3, 0.4) is 0 Å². The molecule has 0 rings (SSSR count). The second-order valence-electron chi connectivity index (χ2n) is 4.01. The summed E-state index contributed by atoms with van der Waals surface area (Å²) in [5.41, 5.74) is 5.37. The lowest BCUT2D eigenvalue weighted by Gasteiger charge is -2.30. The molecule has 0 fully saturated rings. The number of carbonyl (C=O) groups is 1. The van der Waals surface area contributed by atoms with Crippen molar-refractivity contribution < 1.29 is 9.53 Å². The van der Waals surface area contributed by atoms with Gasteiger partial charge in [-0.3, -0.25) is 4.79 Å². The maximum Gasteiger partial charge on any atom is 0.222 e. The number of carbonyl (C=O) groups excluding carboxylic acids is 1. The van der Waals surface area contributed by atoms with Gasteiger partial charge in [-0.05, 0) is 27.7 Å². The maximum absolute atomic E-state index is 11.4. The quantitative estimate of drug-likeness (QED) is 0.622. The van der Waals surface area contributed by atoms with E-state index in [1.165, 1.54) is 0 Å². The Kier molecular flexibility index (Phi) is 5.72. The summed E-state index contributed by atoms with van der Waals surface area (Å²) in [6.45, 7) is 8.72. The summed E-state index contributed by atoms with van der Waals surface area (Å²) in [6, 6.07) is -0.0708. The third kappa shape index (κ3) is 5.19. The van der Waals surface area contributed by atoms with Gasteiger partial charge in [0.2, 0.25) is 5.91 Å². The van der Waals surface area contributed by atoms with Crippen molar-refractivity contribution in [3.05, 3.63) is 0 Å². The molecule has 0 saturated carbocycles. The highest BCUT2D eigenvalue weighted by Crippen LogP contribution is 2.06. The zero-order valence-corrected chi connectivity index (χ0v) is 9.59. The molecule has 1 atom stereocenters. The lowest BCUT2D eigenvalue weighted by Crippen LogP contribution is -2.54. The highest BCUT2D eigenvalue weighted by atomic mass is 16.5. The Labute approximate surface area is 86.2 Å². The first-order valence-electron chi connectivity index (χ1n) is 5.04. The second kappa shape index (κ2) is 5.98. The van der Waals surface area contributed by atoms with Gasteiger partial charge in [0.25, 0.3) is 0 Å². The zero-order chi connectivity index (χ0) is 11.2.